The zero-order valence-corrected chi connectivity index (χ0v) is 20.7. The van der Waals surface area contributed by atoms with Crippen molar-refractivity contribution in [1.82, 2.24) is 9.88 Å². The molecule has 0 unspecified atom stereocenters. The van der Waals surface area contributed by atoms with Crippen LogP contribution in [0.5, 0.6) is 0 Å². The van der Waals surface area contributed by atoms with Crippen LogP contribution in [0.2, 0.25) is 5.02 Å². The van der Waals surface area contributed by atoms with Gasteiger partial charge in [-0.25, -0.2) is 9.37 Å². The SMILES string of the molecule is Cc1cc(N2CCC(N3CCCC3)CC2)nc2ccc(NC(=O)C=Cc3ccc(Cl)cc3F)cc12. The van der Waals surface area contributed by atoms with Crippen LogP contribution in [0.3, 0.4) is 0 Å². The van der Waals surface area contributed by atoms with E-state index in [2.05, 4.69) is 28.1 Å². The van der Waals surface area contributed by atoms with Crippen LogP contribution in [0.4, 0.5) is 15.9 Å². The number of nitrogens with zero attached hydrogens (tertiary/aromatic N) is 3. The van der Waals surface area contributed by atoms with Gasteiger partial charge in [-0.3, -0.25) is 4.79 Å². The number of pyridine rings is 1. The van der Waals surface area contributed by atoms with E-state index in [1.165, 1.54) is 57.0 Å². The average molecular weight is 493 g/mol. The van der Waals surface area contributed by atoms with Crippen molar-refractivity contribution in [2.45, 2.75) is 38.6 Å². The number of halogens is 2. The molecule has 2 aromatic carbocycles. The number of fused-ring (bicyclic) bond motifs is 1. The Morgan fingerprint density at radius 2 is 1.86 bits per heavy atom. The number of hydrogen-bond acceptors (Lipinski definition) is 4. The number of anilines is 2. The number of piperidine rings is 1. The first kappa shape index (κ1) is 23.8. The molecule has 3 aromatic rings. The Hall–Kier alpha value is -2.96. The molecule has 1 aromatic heterocycles. The molecule has 2 aliphatic heterocycles. The predicted octanol–water partition coefficient (Wildman–Crippen LogP) is 6.05. The molecule has 0 radical (unpaired) electrons. The lowest BCUT2D eigenvalue weighted by molar-refractivity contribution is -0.111. The number of amides is 1. The van der Waals surface area contributed by atoms with Crippen LogP contribution in [0.15, 0.2) is 48.5 Å². The molecule has 5 rings (SSSR count). The van der Waals surface area contributed by atoms with Crippen molar-refractivity contribution in [3.63, 3.8) is 0 Å². The minimum atomic E-state index is -0.468. The van der Waals surface area contributed by atoms with E-state index in [-0.39, 0.29) is 5.91 Å². The van der Waals surface area contributed by atoms with E-state index >= 15 is 0 Å². The number of hydrogen-bond donors (Lipinski definition) is 1. The van der Waals surface area contributed by atoms with E-state index in [1.807, 2.05) is 18.2 Å². The molecule has 2 aliphatic rings. The fraction of sp³-hybridized carbons (Fsp3) is 0.357. The van der Waals surface area contributed by atoms with Gasteiger partial charge in [0, 0.05) is 46.9 Å². The summed E-state index contributed by atoms with van der Waals surface area (Å²) in [7, 11) is 0. The Kier molecular flexibility index (Phi) is 7.02. The summed E-state index contributed by atoms with van der Waals surface area (Å²) in [5.74, 6) is 0.228. The highest BCUT2D eigenvalue weighted by Gasteiger charge is 2.27. The lowest BCUT2D eigenvalue weighted by Crippen LogP contribution is -2.44. The van der Waals surface area contributed by atoms with Crippen molar-refractivity contribution in [3.05, 3.63) is 70.5 Å². The zero-order valence-electron chi connectivity index (χ0n) is 19.9. The lowest BCUT2D eigenvalue weighted by atomic mass is 10.0. The van der Waals surface area contributed by atoms with Crippen LogP contribution >= 0.6 is 11.6 Å². The molecule has 3 heterocycles. The van der Waals surface area contributed by atoms with Gasteiger partial charge in [0.25, 0.3) is 0 Å². The van der Waals surface area contributed by atoms with Crippen LogP contribution in [0.25, 0.3) is 17.0 Å². The average Bonchev–Trinajstić information content (AvgIpc) is 3.39. The molecule has 2 fully saturated rings. The van der Waals surface area contributed by atoms with Gasteiger partial charge in [0.05, 0.1) is 5.52 Å². The summed E-state index contributed by atoms with van der Waals surface area (Å²) in [6.45, 7) is 6.66. The minimum Gasteiger partial charge on any atom is -0.356 e. The normalized spacial score (nSPS) is 17.5. The van der Waals surface area contributed by atoms with Gasteiger partial charge in [-0.05, 0) is 93.7 Å². The predicted molar refractivity (Wildman–Crippen MR) is 142 cm³/mol. The third kappa shape index (κ3) is 5.49. The third-order valence-corrected chi connectivity index (χ3v) is 7.33. The molecule has 0 aliphatic carbocycles. The Bertz CT molecular complexity index is 1260. The standard InChI is InChI=1S/C28H30ClFN4O/c1-19-16-27(34-14-10-23(11-15-34)33-12-2-3-13-33)32-26-8-7-22(18-24(19)26)31-28(35)9-5-20-4-6-21(29)17-25(20)30/h4-9,16-18,23H,2-3,10-15H2,1H3,(H,31,35). The van der Waals surface area contributed by atoms with Crippen LogP contribution in [-0.2, 0) is 4.79 Å². The van der Waals surface area contributed by atoms with Gasteiger partial charge in [-0.2, -0.15) is 0 Å². The number of carbonyl (C=O) groups is 1. The van der Waals surface area contributed by atoms with Crippen molar-refractivity contribution in [2.24, 2.45) is 0 Å². The maximum atomic E-state index is 13.9. The van der Waals surface area contributed by atoms with E-state index in [4.69, 9.17) is 16.6 Å². The quantitative estimate of drug-likeness (QED) is 0.440. The fourth-order valence-electron chi connectivity index (χ4n) is 5.17. The minimum absolute atomic E-state index is 0.306. The molecule has 7 heteroatoms. The Morgan fingerprint density at radius 3 is 2.60 bits per heavy atom. The molecular formula is C28H30ClFN4O. The molecule has 0 spiro atoms. The summed E-state index contributed by atoms with van der Waals surface area (Å²) < 4.78 is 13.9. The number of benzene rings is 2. The van der Waals surface area contributed by atoms with Crippen LogP contribution in [-0.4, -0.2) is 48.0 Å². The fourth-order valence-corrected chi connectivity index (χ4v) is 5.33. The lowest BCUT2D eigenvalue weighted by Gasteiger charge is -2.37. The Morgan fingerprint density at radius 1 is 1.09 bits per heavy atom. The van der Waals surface area contributed by atoms with Crippen molar-refractivity contribution in [2.75, 3.05) is 36.4 Å². The van der Waals surface area contributed by atoms with Gasteiger partial charge >= 0.3 is 0 Å². The summed E-state index contributed by atoms with van der Waals surface area (Å²) in [6, 6.07) is 13.0. The summed E-state index contributed by atoms with van der Waals surface area (Å²) >= 11 is 5.78. The van der Waals surface area contributed by atoms with E-state index in [0.29, 0.717) is 22.3 Å². The Balaban J connectivity index is 1.25. The largest absolute Gasteiger partial charge is 0.356 e. The molecule has 1 amide bonds. The second kappa shape index (κ2) is 10.3. The molecule has 0 bridgehead atoms. The first-order valence-corrected chi connectivity index (χ1v) is 12.7. The maximum absolute atomic E-state index is 13.9. The van der Waals surface area contributed by atoms with E-state index in [1.54, 1.807) is 12.1 Å². The first-order chi connectivity index (χ1) is 17.0. The molecular weight excluding hydrogens is 463 g/mol. The summed E-state index contributed by atoms with van der Waals surface area (Å²) in [5.41, 5.74) is 3.02. The van der Waals surface area contributed by atoms with E-state index in [9.17, 15) is 9.18 Å². The van der Waals surface area contributed by atoms with Crippen LogP contribution in [0, 0.1) is 12.7 Å². The highest BCUT2D eigenvalue weighted by molar-refractivity contribution is 6.30. The number of carbonyl (C=O) groups excluding carboxylic acids is 1. The number of likely N-dealkylation sites (tertiary alicyclic amines) is 1. The van der Waals surface area contributed by atoms with Gasteiger partial charge in [0.15, 0.2) is 0 Å². The first-order valence-electron chi connectivity index (χ1n) is 12.3. The van der Waals surface area contributed by atoms with E-state index < -0.39 is 5.82 Å². The maximum Gasteiger partial charge on any atom is 0.248 e. The smallest absolute Gasteiger partial charge is 0.248 e. The molecule has 0 saturated carbocycles. The molecule has 182 valence electrons. The molecule has 35 heavy (non-hydrogen) atoms. The number of nitrogens with one attached hydrogen (secondary N) is 1. The van der Waals surface area contributed by atoms with Crippen LogP contribution < -0.4 is 10.2 Å². The second-order valence-corrected chi connectivity index (χ2v) is 9.92. The summed E-state index contributed by atoms with van der Waals surface area (Å²) in [4.78, 5) is 22.4. The molecule has 1 N–H and O–H groups in total. The van der Waals surface area contributed by atoms with Crippen molar-refractivity contribution in [1.29, 1.82) is 0 Å². The molecule has 2 saturated heterocycles. The van der Waals surface area contributed by atoms with Crippen molar-refractivity contribution >= 4 is 46.0 Å². The van der Waals surface area contributed by atoms with Crippen molar-refractivity contribution < 1.29 is 9.18 Å². The van der Waals surface area contributed by atoms with Crippen LogP contribution in [0.1, 0.15) is 36.8 Å². The summed E-state index contributed by atoms with van der Waals surface area (Å²) in [6.07, 6.45) is 7.81. The summed E-state index contributed by atoms with van der Waals surface area (Å²) in [5, 5.41) is 4.18. The second-order valence-electron chi connectivity index (χ2n) is 9.48. The number of aromatic nitrogens is 1. The molecule has 5 nitrogen and oxygen atoms in total. The molecule has 0 atom stereocenters. The van der Waals surface area contributed by atoms with Gasteiger partial charge in [-0.15, -0.1) is 0 Å². The topological polar surface area (TPSA) is 48.5 Å². The van der Waals surface area contributed by atoms with E-state index in [0.717, 1.165) is 35.4 Å². The van der Waals surface area contributed by atoms with Gasteiger partial charge < -0.3 is 15.1 Å². The highest BCUT2D eigenvalue weighted by Crippen LogP contribution is 2.28. The van der Waals surface area contributed by atoms with Gasteiger partial charge in [0.1, 0.15) is 11.6 Å². The van der Waals surface area contributed by atoms with Gasteiger partial charge in [-0.1, -0.05) is 17.7 Å². The van der Waals surface area contributed by atoms with Crippen molar-refractivity contribution in [3.8, 4) is 0 Å². The monoisotopic (exact) mass is 492 g/mol. The number of rotatable bonds is 5. The third-order valence-electron chi connectivity index (χ3n) is 7.09. The Labute approximate surface area is 210 Å². The van der Waals surface area contributed by atoms with Gasteiger partial charge in [0.2, 0.25) is 5.91 Å². The number of aryl methyl sites for hydroxylation is 1. The highest BCUT2D eigenvalue weighted by atomic mass is 35.5. The zero-order chi connectivity index (χ0) is 24.4.